The first-order valence-electron chi connectivity index (χ1n) is 13.8. The molecule has 4 aliphatic rings. The maximum absolute atomic E-state index is 10.3. The third kappa shape index (κ3) is 4.00. The van der Waals surface area contributed by atoms with Crippen LogP contribution in [0.5, 0.6) is 0 Å². The Morgan fingerprint density at radius 2 is 1.87 bits per heavy atom. The fourth-order valence-corrected chi connectivity index (χ4v) is 9.27. The summed E-state index contributed by atoms with van der Waals surface area (Å²) in [6.45, 7) is 16.8. The van der Waals surface area contributed by atoms with Gasteiger partial charge in [0.25, 0.3) is 0 Å². The van der Waals surface area contributed by atoms with Gasteiger partial charge in [-0.3, -0.25) is 0 Å². The maximum atomic E-state index is 10.3. The van der Waals surface area contributed by atoms with Crippen LogP contribution < -0.4 is 0 Å². The van der Waals surface area contributed by atoms with Crippen LogP contribution in [0, 0.1) is 46.3 Å². The zero-order valence-corrected chi connectivity index (χ0v) is 21.3. The second kappa shape index (κ2) is 9.00. The molecule has 1 N–H and O–H groups in total. The molecule has 1 heteroatoms. The summed E-state index contributed by atoms with van der Waals surface area (Å²) < 4.78 is 0. The molecule has 0 aromatic heterocycles. The first-order valence-corrected chi connectivity index (χ1v) is 13.8. The van der Waals surface area contributed by atoms with E-state index in [4.69, 9.17) is 0 Å². The van der Waals surface area contributed by atoms with Crippen molar-refractivity contribution >= 4 is 0 Å². The molecule has 0 heterocycles. The van der Waals surface area contributed by atoms with E-state index in [-0.39, 0.29) is 6.10 Å². The minimum atomic E-state index is -0.0859. The van der Waals surface area contributed by atoms with Crippen molar-refractivity contribution in [3.05, 3.63) is 23.8 Å². The molecule has 0 saturated heterocycles. The Hall–Kier alpha value is -0.560. The van der Waals surface area contributed by atoms with E-state index >= 15 is 0 Å². The van der Waals surface area contributed by atoms with Crippen LogP contribution in [-0.2, 0) is 0 Å². The van der Waals surface area contributed by atoms with Crippen molar-refractivity contribution in [2.75, 3.05) is 0 Å². The van der Waals surface area contributed by atoms with Crippen LogP contribution >= 0.6 is 0 Å². The van der Waals surface area contributed by atoms with E-state index in [2.05, 4.69) is 47.3 Å². The molecule has 4 aliphatic carbocycles. The molecule has 0 aromatic rings. The van der Waals surface area contributed by atoms with Gasteiger partial charge >= 0.3 is 0 Å². The Kier molecular flexibility index (Phi) is 6.85. The summed E-state index contributed by atoms with van der Waals surface area (Å²) in [5.74, 6) is 5.18. The van der Waals surface area contributed by atoms with Crippen molar-refractivity contribution < 1.29 is 5.11 Å². The molecule has 0 aromatic carbocycles. The molecular weight excluding hydrogens is 376 g/mol. The molecule has 0 bridgehead atoms. The predicted molar refractivity (Wildman–Crippen MR) is 133 cm³/mol. The van der Waals surface area contributed by atoms with Gasteiger partial charge in [-0.05, 0) is 123 Å². The van der Waals surface area contributed by atoms with Crippen LogP contribution in [0.2, 0.25) is 0 Å². The average molecular weight is 427 g/mol. The van der Waals surface area contributed by atoms with Gasteiger partial charge in [-0.15, -0.1) is 0 Å². The average Bonchev–Trinajstić information content (AvgIpc) is 3.11. The Labute approximate surface area is 193 Å². The molecule has 0 radical (unpaired) electrons. The molecule has 0 spiro atoms. The van der Waals surface area contributed by atoms with E-state index < -0.39 is 0 Å². The number of aliphatic hydroxyl groups is 1. The lowest BCUT2D eigenvalue weighted by molar-refractivity contribution is -0.0574. The largest absolute Gasteiger partial charge is 0.393 e. The summed E-state index contributed by atoms with van der Waals surface area (Å²) in [6.07, 6.45) is 17.9. The summed E-state index contributed by atoms with van der Waals surface area (Å²) in [5.41, 5.74) is 4.02. The number of hydrogen-bond acceptors (Lipinski definition) is 1. The molecule has 0 unspecified atom stereocenters. The van der Waals surface area contributed by atoms with Gasteiger partial charge in [0.2, 0.25) is 0 Å². The van der Waals surface area contributed by atoms with E-state index in [0.29, 0.717) is 10.8 Å². The van der Waals surface area contributed by atoms with Gasteiger partial charge in [0, 0.05) is 0 Å². The van der Waals surface area contributed by atoms with Gasteiger partial charge in [-0.2, -0.15) is 0 Å². The molecule has 3 saturated carbocycles. The Morgan fingerprint density at radius 1 is 1.10 bits per heavy atom. The Balaban J connectivity index is 1.46. The van der Waals surface area contributed by atoms with Gasteiger partial charge in [-0.1, -0.05) is 58.4 Å². The summed E-state index contributed by atoms with van der Waals surface area (Å²) >= 11 is 0. The van der Waals surface area contributed by atoms with Gasteiger partial charge in [0.1, 0.15) is 0 Å². The quantitative estimate of drug-likeness (QED) is 0.406. The van der Waals surface area contributed by atoms with Gasteiger partial charge < -0.3 is 5.11 Å². The zero-order chi connectivity index (χ0) is 22.4. The highest BCUT2D eigenvalue weighted by molar-refractivity contribution is 5.25. The first kappa shape index (κ1) is 23.6. The fraction of sp³-hybridized carbons (Fsp3) is 0.867. The lowest BCUT2D eigenvalue weighted by Gasteiger charge is -2.58. The highest BCUT2D eigenvalue weighted by atomic mass is 16.3. The molecule has 4 rings (SSSR count). The van der Waals surface area contributed by atoms with Crippen molar-refractivity contribution in [1.29, 1.82) is 0 Å². The molecule has 176 valence electrons. The SMILES string of the molecule is C=C(CC)[C@@H](CC)CC[C@@H](C)[C@H]1CC[C@H]2[C@@H]3CC=C4C[C@@H](O)CC[C@]4(C)[C@H]3CC[C@]12C. The van der Waals surface area contributed by atoms with E-state index in [1.165, 1.54) is 63.4 Å². The highest BCUT2D eigenvalue weighted by Gasteiger charge is 2.59. The molecule has 9 atom stereocenters. The van der Waals surface area contributed by atoms with Crippen LogP contribution in [-0.4, -0.2) is 11.2 Å². The minimum Gasteiger partial charge on any atom is -0.393 e. The summed E-state index contributed by atoms with van der Waals surface area (Å²) in [6, 6.07) is 0. The maximum Gasteiger partial charge on any atom is 0.0577 e. The monoisotopic (exact) mass is 426 g/mol. The number of fused-ring (bicyclic) bond motifs is 5. The number of allylic oxidation sites excluding steroid dienone is 2. The second-order valence-corrected chi connectivity index (χ2v) is 12.6. The third-order valence-corrected chi connectivity index (χ3v) is 11.3. The van der Waals surface area contributed by atoms with Crippen LogP contribution in [0.3, 0.4) is 0 Å². The Bertz CT molecular complexity index is 691. The minimum absolute atomic E-state index is 0.0859. The van der Waals surface area contributed by atoms with Gasteiger partial charge in [0.05, 0.1) is 6.10 Å². The fourth-order valence-electron chi connectivity index (χ4n) is 9.27. The van der Waals surface area contributed by atoms with Crippen LogP contribution in [0.1, 0.15) is 112 Å². The topological polar surface area (TPSA) is 20.2 Å². The number of rotatable bonds is 7. The third-order valence-electron chi connectivity index (χ3n) is 11.3. The van der Waals surface area contributed by atoms with Crippen molar-refractivity contribution in [3.63, 3.8) is 0 Å². The molecule has 3 fully saturated rings. The summed E-state index contributed by atoms with van der Waals surface area (Å²) in [7, 11) is 0. The van der Waals surface area contributed by atoms with E-state index in [9.17, 15) is 5.11 Å². The van der Waals surface area contributed by atoms with Crippen molar-refractivity contribution in [2.24, 2.45) is 46.3 Å². The van der Waals surface area contributed by atoms with Crippen LogP contribution in [0.25, 0.3) is 0 Å². The van der Waals surface area contributed by atoms with E-state index in [1.807, 2.05) is 0 Å². The van der Waals surface area contributed by atoms with Crippen molar-refractivity contribution in [2.45, 2.75) is 118 Å². The lowest BCUT2D eigenvalue weighted by atomic mass is 9.47. The van der Waals surface area contributed by atoms with E-state index in [0.717, 1.165) is 54.8 Å². The smallest absolute Gasteiger partial charge is 0.0577 e. The summed E-state index contributed by atoms with van der Waals surface area (Å²) in [5, 5.41) is 10.3. The highest BCUT2D eigenvalue weighted by Crippen LogP contribution is 2.67. The molecule has 31 heavy (non-hydrogen) atoms. The first-order chi connectivity index (χ1) is 14.7. The molecular formula is C30H50O. The van der Waals surface area contributed by atoms with Gasteiger partial charge in [-0.25, -0.2) is 0 Å². The Morgan fingerprint density at radius 3 is 2.58 bits per heavy atom. The molecule has 0 amide bonds. The number of hydrogen-bond donors (Lipinski definition) is 1. The lowest BCUT2D eigenvalue weighted by Crippen LogP contribution is -2.50. The van der Waals surface area contributed by atoms with Crippen LogP contribution in [0.4, 0.5) is 0 Å². The molecule has 1 nitrogen and oxygen atoms in total. The van der Waals surface area contributed by atoms with Crippen molar-refractivity contribution in [1.82, 2.24) is 0 Å². The standard InChI is InChI=1S/C30H50O/c1-7-20(3)22(8-2)10-9-21(4)26-13-14-27-25-12-11-23-19-24(31)15-17-29(23,5)28(25)16-18-30(26,27)6/h11,21-22,24-28,31H,3,7-10,12-19H2,1-2,4-6H3/t21-,22+,24+,25+,26-,27+,28+,29+,30-/m1/s1. The van der Waals surface area contributed by atoms with Crippen LogP contribution in [0.15, 0.2) is 23.8 Å². The second-order valence-electron chi connectivity index (χ2n) is 12.6. The predicted octanol–water partition coefficient (Wildman–Crippen LogP) is 8.34. The normalized spacial score (nSPS) is 43.9. The van der Waals surface area contributed by atoms with Crippen molar-refractivity contribution in [3.8, 4) is 0 Å². The van der Waals surface area contributed by atoms with Gasteiger partial charge in [0.15, 0.2) is 0 Å². The van der Waals surface area contributed by atoms with E-state index in [1.54, 1.807) is 5.57 Å². The zero-order valence-electron chi connectivity index (χ0n) is 21.3. The molecule has 0 aliphatic heterocycles. The number of aliphatic hydroxyl groups excluding tert-OH is 1. The summed E-state index contributed by atoms with van der Waals surface area (Å²) in [4.78, 5) is 0.